The van der Waals surface area contributed by atoms with E-state index in [2.05, 4.69) is 281 Å². The Morgan fingerprint density at radius 2 is 0.688 bits per heavy atom. The standard InChI is InChI=1S/C73H44N6S/c1-3-22-47(23-4-1)77-61-34-14-10-27-53(61)68-56(31-17-36-63(68)77)72-74-71(75-73(76-72)57-32-18-37-64-69(57)54-28-11-15-35-62(54)78(64)48-24-5-2-6-25-48)52-41-40-49(44-58(52)51-30-19-39-67-70(51)55-29-12-16-38-66(55)80-67)79-60-33-13-9-26-50(60)59-42-45-20-7-8-21-46(45)43-65(59)79/h1-44H. The van der Waals surface area contributed by atoms with Crippen molar-refractivity contribution in [2.45, 2.75) is 0 Å². The number of thiophene rings is 1. The van der Waals surface area contributed by atoms with E-state index in [9.17, 15) is 0 Å². The Balaban J connectivity index is 0.990. The lowest BCUT2D eigenvalue weighted by Crippen LogP contribution is -2.03. The second-order valence-corrected chi connectivity index (χ2v) is 21.7. The molecule has 12 aromatic carbocycles. The van der Waals surface area contributed by atoms with E-state index in [1.54, 1.807) is 0 Å². The molecule has 5 heterocycles. The molecule has 0 unspecified atom stereocenters. The van der Waals surface area contributed by atoms with Gasteiger partial charge in [-0.1, -0.05) is 170 Å². The third-order valence-electron chi connectivity index (χ3n) is 16.3. The highest BCUT2D eigenvalue weighted by atomic mass is 32.1. The van der Waals surface area contributed by atoms with Crippen LogP contribution in [0.25, 0.3) is 159 Å². The molecule has 7 heteroatoms. The lowest BCUT2D eigenvalue weighted by molar-refractivity contribution is 1.08. The van der Waals surface area contributed by atoms with Gasteiger partial charge in [0.25, 0.3) is 0 Å². The third kappa shape index (κ3) is 6.68. The molecule has 0 aliphatic heterocycles. The summed E-state index contributed by atoms with van der Waals surface area (Å²) in [4.78, 5) is 17.1. The van der Waals surface area contributed by atoms with E-state index in [0.29, 0.717) is 17.5 Å². The maximum Gasteiger partial charge on any atom is 0.164 e. The van der Waals surface area contributed by atoms with Crippen LogP contribution in [0.5, 0.6) is 0 Å². The number of nitrogens with zero attached hydrogens (tertiary/aromatic N) is 6. The minimum atomic E-state index is 0.587. The van der Waals surface area contributed by atoms with Crippen molar-refractivity contribution in [2.24, 2.45) is 0 Å². The topological polar surface area (TPSA) is 53.5 Å². The Hall–Kier alpha value is -10.5. The number of para-hydroxylation sites is 5. The lowest BCUT2D eigenvalue weighted by Gasteiger charge is -2.17. The largest absolute Gasteiger partial charge is 0.309 e. The van der Waals surface area contributed by atoms with Gasteiger partial charge in [0.15, 0.2) is 17.5 Å². The average molecular weight is 1040 g/mol. The Morgan fingerprint density at radius 3 is 1.31 bits per heavy atom. The first kappa shape index (κ1) is 44.6. The smallest absolute Gasteiger partial charge is 0.164 e. The molecule has 17 rings (SSSR count). The van der Waals surface area contributed by atoms with Crippen LogP contribution in [0.2, 0.25) is 0 Å². The predicted molar refractivity (Wildman–Crippen MR) is 335 cm³/mol. The van der Waals surface area contributed by atoms with Crippen molar-refractivity contribution in [3.05, 3.63) is 267 Å². The molecule has 0 N–H and O–H groups in total. The van der Waals surface area contributed by atoms with Gasteiger partial charge in [0.1, 0.15) is 0 Å². The summed E-state index contributed by atoms with van der Waals surface area (Å²) in [6.45, 7) is 0. The van der Waals surface area contributed by atoms with Gasteiger partial charge in [-0.3, -0.25) is 0 Å². The highest BCUT2D eigenvalue weighted by Gasteiger charge is 2.25. The van der Waals surface area contributed by atoms with Gasteiger partial charge in [-0.15, -0.1) is 11.3 Å². The number of aromatic nitrogens is 6. The fourth-order valence-electron chi connectivity index (χ4n) is 12.9. The molecule has 0 amide bonds. The van der Waals surface area contributed by atoms with Gasteiger partial charge >= 0.3 is 0 Å². The SMILES string of the molecule is c1ccc(-n2c3ccccc3c3c(-c4nc(-c5ccc(-n6c7ccccc7c7cc8ccccc8cc76)cc5-c5cccc6sc7ccccc7c56)nc(-c5cccc6c5c5ccccc5n6-c5ccccc5)n4)cccc32)cc1. The van der Waals surface area contributed by atoms with Gasteiger partial charge in [-0.2, -0.15) is 0 Å². The molecular formula is C73H44N6S. The number of hydrogen-bond acceptors (Lipinski definition) is 4. The minimum absolute atomic E-state index is 0.587. The van der Waals surface area contributed by atoms with E-state index < -0.39 is 0 Å². The van der Waals surface area contributed by atoms with Crippen LogP contribution in [0.1, 0.15) is 0 Å². The molecule has 0 aliphatic carbocycles. The van der Waals surface area contributed by atoms with Gasteiger partial charge in [0.2, 0.25) is 0 Å². The summed E-state index contributed by atoms with van der Waals surface area (Å²) >= 11 is 1.83. The van der Waals surface area contributed by atoms with Gasteiger partial charge < -0.3 is 13.7 Å². The lowest BCUT2D eigenvalue weighted by atomic mass is 9.94. The summed E-state index contributed by atoms with van der Waals surface area (Å²) in [5.74, 6) is 1.78. The van der Waals surface area contributed by atoms with E-state index >= 15 is 0 Å². The summed E-state index contributed by atoms with van der Waals surface area (Å²) < 4.78 is 9.63. The zero-order valence-corrected chi connectivity index (χ0v) is 43.8. The second kappa shape index (κ2) is 17.5. The molecular weight excluding hydrogens is 993 g/mol. The van der Waals surface area contributed by atoms with Crippen LogP contribution in [-0.4, -0.2) is 28.7 Å². The average Bonchev–Trinajstić information content (AvgIpc) is 4.47. The van der Waals surface area contributed by atoms with E-state index in [0.717, 1.165) is 99.5 Å². The molecule has 0 aliphatic rings. The van der Waals surface area contributed by atoms with Crippen LogP contribution in [0.3, 0.4) is 0 Å². The quantitative estimate of drug-likeness (QED) is 0.160. The molecule has 17 aromatic rings. The molecule has 0 fully saturated rings. The van der Waals surface area contributed by atoms with Crippen molar-refractivity contribution in [1.29, 1.82) is 0 Å². The third-order valence-corrected chi connectivity index (χ3v) is 17.4. The monoisotopic (exact) mass is 1040 g/mol. The Labute approximate surface area is 463 Å². The molecule has 372 valence electrons. The number of benzene rings is 12. The highest BCUT2D eigenvalue weighted by molar-refractivity contribution is 7.26. The normalized spacial score (nSPS) is 12.0. The predicted octanol–water partition coefficient (Wildman–Crippen LogP) is 19.4. The van der Waals surface area contributed by atoms with Gasteiger partial charge in [-0.05, 0) is 119 Å². The first-order valence-electron chi connectivity index (χ1n) is 27.1. The second-order valence-electron chi connectivity index (χ2n) is 20.7. The highest BCUT2D eigenvalue weighted by Crippen LogP contribution is 2.46. The van der Waals surface area contributed by atoms with Gasteiger partial charge in [0.05, 0.1) is 33.1 Å². The van der Waals surface area contributed by atoms with Crippen molar-refractivity contribution >= 4 is 108 Å². The van der Waals surface area contributed by atoms with E-state index in [1.165, 1.54) is 41.7 Å². The molecule has 0 radical (unpaired) electrons. The van der Waals surface area contributed by atoms with Crippen LogP contribution in [0, 0.1) is 0 Å². The molecule has 0 saturated carbocycles. The van der Waals surface area contributed by atoms with Crippen LogP contribution in [0.15, 0.2) is 267 Å². The molecule has 0 spiro atoms. The van der Waals surface area contributed by atoms with Crippen LogP contribution in [0.4, 0.5) is 0 Å². The van der Waals surface area contributed by atoms with Crippen LogP contribution >= 0.6 is 11.3 Å². The Kier molecular flexibility index (Phi) is 9.78. The van der Waals surface area contributed by atoms with Crippen molar-refractivity contribution in [3.8, 4) is 62.4 Å². The van der Waals surface area contributed by atoms with Crippen LogP contribution < -0.4 is 0 Å². The molecule has 6 nitrogen and oxygen atoms in total. The van der Waals surface area contributed by atoms with E-state index in [4.69, 9.17) is 15.0 Å². The van der Waals surface area contributed by atoms with Crippen molar-refractivity contribution in [1.82, 2.24) is 28.7 Å². The summed E-state index contributed by atoms with van der Waals surface area (Å²) in [6, 6.07) is 96.3. The van der Waals surface area contributed by atoms with Crippen LogP contribution in [-0.2, 0) is 0 Å². The molecule has 0 saturated heterocycles. The van der Waals surface area contributed by atoms with Crippen molar-refractivity contribution in [3.63, 3.8) is 0 Å². The first-order valence-corrected chi connectivity index (χ1v) is 27.9. The summed E-state index contributed by atoms with van der Waals surface area (Å²) in [5, 5.41) is 11.7. The van der Waals surface area contributed by atoms with Gasteiger partial charge in [-0.25, -0.2) is 15.0 Å². The fourth-order valence-corrected chi connectivity index (χ4v) is 14.0. The van der Waals surface area contributed by atoms with Crippen molar-refractivity contribution < 1.29 is 0 Å². The maximum atomic E-state index is 5.74. The maximum absolute atomic E-state index is 5.74. The zero-order valence-electron chi connectivity index (χ0n) is 43.0. The summed E-state index contributed by atoms with van der Waals surface area (Å²) in [7, 11) is 0. The first-order chi connectivity index (χ1) is 39.7. The minimum Gasteiger partial charge on any atom is -0.309 e. The van der Waals surface area contributed by atoms with Crippen molar-refractivity contribution in [2.75, 3.05) is 0 Å². The Morgan fingerprint density at radius 1 is 0.237 bits per heavy atom. The number of hydrogen-bond donors (Lipinski definition) is 0. The molecule has 0 bridgehead atoms. The Bertz CT molecular complexity index is 5200. The summed E-state index contributed by atoms with van der Waals surface area (Å²) in [5.41, 5.74) is 14.8. The zero-order chi connectivity index (χ0) is 52.4. The fraction of sp³-hybridized carbons (Fsp3) is 0. The number of fused-ring (bicyclic) bond motifs is 13. The van der Waals surface area contributed by atoms with Gasteiger partial charge in [0, 0.05) is 86.2 Å². The van der Waals surface area contributed by atoms with E-state index in [1.807, 2.05) is 11.3 Å². The molecule has 80 heavy (non-hydrogen) atoms. The molecule has 5 aromatic heterocycles. The summed E-state index contributed by atoms with van der Waals surface area (Å²) in [6.07, 6.45) is 0. The molecule has 0 atom stereocenters. The number of rotatable bonds is 7. The van der Waals surface area contributed by atoms with E-state index in [-0.39, 0.29) is 0 Å².